The Hall–Kier alpha value is -0.790. The van der Waals surface area contributed by atoms with Crippen LogP contribution in [0.25, 0.3) is 0 Å². The standard InChI is InChI=1S/C14H22N2/c1-5-9(4)14-13-11-6-10(11)7-12(13)16(15-14)8(2)3/h8-11H,5-7H2,1-4H3. The Labute approximate surface area is 98.0 Å². The summed E-state index contributed by atoms with van der Waals surface area (Å²) in [5.74, 6) is 2.49. The quantitative estimate of drug-likeness (QED) is 0.757. The van der Waals surface area contributed by atoms with Crippen LogP contribution in [0.1, 0.15) is 75.4 Å². The maximum atomic E-state index is 4.90. The van der Waals surface area contributed by atoms with E-state index in [0.717, 1.165) is 11.8 Å². The lowest BCUT2D eigenvalue weighted by molar-refractivity contribution is 0.495. The summed E-state index contributed by atoms with van der Waals surface area (Å²) in [5.41, 5.74) is 4.62. The Bertz CT molecular complexity index is 417. The zero-order chi connectivity index (χ0) is 11.4. The molecule has 0 aromatic carbocycles. The molecule has 3 atom stereocenters. The third-order valence-electron chi connectivity index (χ3n) is 4.40. The number of hydrogen-bond acceptors (Lipinski definition) is 1. The predicted octanol–water partition coefficient (Wildman–Crippen LogP) is 3.64. The van der Waals surface area contributed by atoms with Crippen LogP contribution in [0.2, 0.25) is 0 Å². The lowest BCUT2D eigenvalue weighted by atomic mass is 9.98. The molecule has 1 aromatic rings. The van der Waals surface area contributed by atoms with E-state index in [4.69, 9.17) is 5.10 Å². The second kappa shape index (κ2) is 3.35. The number of aromatic nitrogens is 2. The summed E-state index contributed by atoms with van der Waals surface area (Å²) in [5, 5.41) is 4.90. The summed E-state index contributed by atoms with van der Waals surface area (Å²) < 4.78 is 2.29. The Kier molecular flexibility index (Phi) is 2.17. The molecule has 0 bridgehead atoms. The van der Waals surface area contributed by atoms with E-state index in [9.17, 15) is 0 Å². The molecule has 0 radical (unpaired) electrons. The molecular formula is C14H22N2. The average Bonchev–Trinajstić information content (AvgIpc) is 2.75. The first kappa shape index (κ1) is 10.4. The zero-order valence-electron chi connectivity index (χ0n) is 10.8. The van der Waals surface area contributed by atoms with Gasteiger partial charge in [-0.25, -0.2) is 0 Å². The van der Waals surface area contributed by atoms with Crippen molar-refractivity contribution < 1.29 is 0 Å². The first-order valence-electron chi connectivity index (χ1n) is 6.74. The molecule has 2 aliphatic rings. The molecule has 0 aliphatic heterocycles. The third-order valence-corrected chi connectivity index (χ3v) is 4.40. The second-order valence-corrected chi connectivity index (χ2v) is 5.90. The predicted molar refractivity (Wildman–Crippen MR) is 65.9 cm³/mol. The molecule has 0 amide bonds. The lowest BCUT2D eigenvalue weighted by Crippen LogP contribution is -2.08. The SMILES string of the molecule is CCC(C)c1nn(C(C)C)c2c1C1CC1C2. The van der Waals surface area contributed by atoms with Gasteiger partial charge in [-0.15, -0.1) is 0 Å². The van der Waals surface area contributed by atoms with Gasteiger partial charge in [-0.1, -0.05) is 13.8 Å². The molecular weight excluding hydrogens is 196 g/mol. The topological polar surface area (TPSA) is 17.8 Å². The smallest absolute Gasteiger partial charge is 0.0690 e. The lowest BCUT2D eigenvalue weighted by Gasteiger charge is -2.09. The molecule has 3 unspecified atom stereocenters. The maximum absolute atomic E-state index is 4.90. The van der Waals surface area contributed by atoms with Crippen molar-refractivity contribution in [3.8, 4) is 0 Å². The Morgan fingerprint density at radius 2 is 2.12 bits per heavy atom. The molecule has 2 aliphatic carbocycles. The minimum atomic E-state index is 0.518. The van der Waals surface area contributed by atoms with Gasteiger partial charge in [0.15, 0.2) is 0 Å². The van der Waals surface area contributed by atoms with E-state index in [-0.39, 0.29) is 0 Å². The van der Waals surface area contributed by atoms with Crippen LogP contribution in [-0.4, -0.2) is 9.78 Å². The van der Waals surface area contributed by atoms with Crippen molar-refractivity contribution in [2.45, 2.75) is 64.8 Å². The van der Waals surface area contributed by atoms with E-state index in [0.29, 0.717) is 12.0 Å². The molecule has 0 saturated heterocycles. The highest BCUT2D eigenvalue weighted by atomic mass is 15.3. The van der Waals surface area contributed by atoms with Crippen molar-refractivity contribution in [1.82, 2.24) is 9.78 Å². The summed E-state index contributed by atoms with van der Waals surface area (Å²) in [6.07, 6.45) is 3.93. The van der Waals surface area contributed by atoms with Crippen molar-refractivity contribution in [2.75, 3.05) is 0 Å². The van der Waals surface area contributed by atoms with E-state index in [1.807, 2.05) is 0 Å². The molecule has 16 heavy (non-hydrogen) atoms. The minimum absolute atomic E-state index is 0.518. The largest absolute Gasteiger partial charge is 0.267 e. The molecule has 1 fully saturated rings. The van der Waals surface area contributed by atoms with E-state index < -0.39 is 0 Å². The van der Waals surface area contributed by atoms with Crippen molar-refractivity contribution in [3.05, 3.63) is 17.0 Å². The first-order valence-corrected chi connectivity index (χ1v) is 6.74. The molecule has 0 N–H and O–H groups in total. The Morgan fingerprint density at radius 1 is 1.38 bits per heavy atom. The van der Waals surface area contributed by atoms with Gasteiger partial charge in [-0.2, -0.15) is 5.10 Å². The van der Waals surface area contributed by atoms with E-state index >= 15 is 0 Å². The normalized spacial score (nSPS) is 28.1. The summed E-state index contributed by atoms with van der Waals surface area (Å²) in [7, 11) is 0. The first-order chi connectivity index (χ1) is 7.63. The highest BCUT2D eigenvalue weighted by molar-refractivity contribution is 5.43. The fourth-order valence-corrected chi connectivity index (χ4v) is 3.17. The second-order valence-electron chi connectivity index (χ2n) is 5.90. The molecule has 1 saturated carbocycles. The van der Waals surface area contributed by atoms with Crippen LogP contribution >= 0.6 is 0 Å². The molecule has 0 spiro atoms. The van der Waals surface area contributed by atoms with Crippen molar-refractivity contribution in [2.24, 2.45) is 5.92 Å². The summed E-state index contributed by atoms with van der Waals surface area (Å²) >= 11 is 0. The van der Waals surface area contributed by atoms with Crippen LogP contribution in [0.15, 0.2) is 0 Å². The molecule has 2 heteroatoms. The summed E-state index contributed by atoms with van der Waals surface area (Å²) in [4.78, 5) is 0. The Morgan fingerprint density at radius 3 is 2.75 bits per heavy atom. The van der Waals surface area contributed by atoms with Crippen molar-refractivity contribution in [3.63, 3.8) is 0 Å². The van der Waals surface area contributed by atoms with E-state index in [2.05, 4.69) is 32.4 Å². The van der Waals surface area contributed by atoms with Gasteiger partial charge in [0.1, 0.15) is 0 Å². The van der Waals surface area contributed by atoms with Crippen LogP contribution < -0.4 is 0 Å². The van der Waals surface area contributed by atoms with Crippen LogP contribution in [0.3, 0.4) is 0 Å². The van der Waals surface area contributed by atoms with E-state index in [1.165, 1.54) is 25.0 Å². The molecule has 1 heterocycles. The van der Waals surface area contributed by atoms with Gasteiger partial charge in [0.2, 0.25) is 0 Å². The minimum Gasteiger partial charge on any atom is -0.267 e. The van der Waals surface area contributed by atoms with Gasteiger partial charge >= 0.3 is 0 Å². The molecule has 1 aromatic heterocycles. The summed E-state index contributed by atoms with van der Waals surface area (Å²) in [6.45, 7) is 9.09. The number of rotatable bonds is 3. The van der Waals surface area contributed by atoms with Crippen LogP contribution in [0.5, 0.6) is 0 Å². The van der Waals surface area contributed by atoms with Crippen molar-refractivity contribution >= 4 is 0 Å². The van der Waals surface area contributed by atoms with Gasteiger partial charge in [-0.05, 0) is 44.9 Å². The van der Waals surface area contributed by atoms with Gasteiger partial charge in [0.05, 0.1) is 5.69 Å². The zero-order valence-corrected chi connectivity index (χ0v) is 10.8. The van der Waals surface area contributed by atoms with Crippen molar-refractivity contribution in [1.29, 1.82) is 0 Å². The van der Waals surface area contributed by atoms with Gasteiger partial charge in [0, 0.05) is 23.2 Å². The summed E-state index contributed by atoms with van der Waals surface area (Å²) in [6, 6.07) is 0.518. The fourth-order valence-electron chi connectivity index (χ4n) is 3.17. The highest BCUT2D eigenvalue weighted by Crippen LogP contribution is 2.58. The monoisotopic (exact) mass is 218 g/mol. The Balaban J connectivity index is 2.08. The highest BCUT2D eigenvalue weighted by Gasteiger charge is 2.49. The van der Waals surface area contributed by atoms with Crippen LogP contribution in [-0.2, 0) is 6.42 Å². The van der Waals surface area contributed by atoms with Crippen LogP contribution in [0, 0.1) is 5.92 Å². The van der Waals surface area contributed by atoms with Gasteiger partial charge < -0.3 is 0 Å². The molecule has 3 rings (SSSR count). The average molecular weight is 218 g/mol. The number of hydrogen-bond donors (Lipinski definition) is 0. The van der Waals surface area contributed by atoms with Gasteiger partial charge in [0.25, 0.3) is 0 Å². The van der Waals surface area contributed by atoms with E-state index in [1.54, 1.807) is 11.3 Å². The third kappa shape index (κ3) is 1.28. The molecule has 88 valence electrons. The maximum Gasteiger partial charge on any atom is 0.0690 e. The van der Waals surface area contributed by atoms with Gasteiger partial charge in [-0.3, -0.25) is 4.68 Å². The van der Waals surface area contributed by atoms with Crippen LogP contribution in [0.4, 0.5) is 0 Å². The fraction of sp³-hybridized carbons (Fsp3) is 0.786. The number of fused-ring (bicyclic) bond motifs is 3. The number of nitrogens with zero attached hydrogens (tertiary/aromatic N) is 2. The molecule has 2 nitrogen and oxygen atoms in total.